The molecule has 11 aromatic carbocycles. The van der Waals surface area contributed by atoms with Crippen LogP contribution in [0.3, 0.4) is 0 Å². The van der Waals surface area contributed by atoms with Gasteiger partial charge in [0, 0.05) is 43.6 Å². The number of hydrogen-bond acceptors (Lipinski definition) is 2. The summed E-state index contributed by atoms with van der Waals surface area (Å²) < 4.78 is 4.72. The summed E-state index contributed by atoms with van der Waals surface area (Å²) in [6, 6.07) is 84.2. The van der Waals surface area contributed by atoms with E-state index in [-0.39, 0.29) is 0 Å². The lowest BCUT2D eigenvalue weighted by Gasteiger charge is -2.15. The van der Waals surface area contributed by atoms with Gasteiger partial charge in [0.15, 0.2) is 11.5 Å². The molecular formula is C65H39N5. The quantitative estimate of drug-likeness (QED) is 0.123. The van der Waals surface area contributed by atoms with Crippen LogP contribution in [0.2, 0.25) is 0 Å². The van der Waals surface area contributed by atoms with Crippen LogP contribution < -0.4 is 0 Å². The van der Waals surface area contributed by atoms with Gasteiger partial charge in [-0.15, -0.1) is 0 Å². The smallest absolute Gasteiger partial charge is 0.194 e. The molecule has 0 unspecified atom stereocenters. The van der Waals surface area contributed by atoms with Crippen molar-refractivity contribution in [2.75, 3.05) is 0 Å². The first-order chi connectivity index (χ1) is 34.7. The van der Waals surface area contributed by atoms with Crippen molar-refractivity contribution in [3.63, 3.8) is 0 Å². The van der Waals surface area contributed by atoms with Gasteiger partial charge in [-0.1, -0.05) is 170 Å². The zero-order chi connectivity index (χ0) is 46.3. The molecule has 0 aliphatic heterocycles. The first-order valence-corrected chi connectivity index (χ1v) is 23.6. The van der Waals surface area contributed by atoms with Gasteiger partial charge in [0.25, 0.3) is 0 Å². The van der Waals surface area contributed by atoms with Crippen LogP contribution in [-0.2, 0) is 0 Å². The minimum Gasteiger partial charge on any atom is -0.309 e. The van der Waals surface area contributed by atoms with Crippen molar-refractivity contribution in [1.29, 1.82) is 0 Å². The van der Waals surface area contributed by atoms with Crippen LogP contribution >= 0.6 is 0 Å². The fourth-order valence-corrected chi connectivity index (χ4v) is 10.8. The van der Waals surface area contributed by atoms with Crippen LogP contribution in [-0.4, -0.2) is 19.1 Å². The second-order valence-electron chi connectivity index (χ2n) is 18.0. The van der Waals surface area contributed by atoms with Gasteiger partial charge < -0.3 is 4.57 Å². The third-order valence-corrected chi connectivity index (χ3v) is 14.1. The van der Waals surface area contributed by atoms with E-state index >= 15 is 0 Å². The van der Waals surface area contributed by atoms with Gasteiger partial charge in [-0.2, -0.15) is 0 Å². The Morgan fingerprint density at radius 3 is 1.36 bits per heavy atom. The van der Waals surface area contributed by atoms with Crippen molar-refractivity contribution in [1.82, 2.24) is 19.1 Å². The Hall–Kier alpha value is -9.63. The average molecular weight is 890 g/mol. The lowest BCUT2D eigenvalue weighted by molar-refractivity contribution is 1.08. The molecule has 0 fully saturated rings. The number of hydrogen-bond donors (Lipinski definition) is 0. The number of aromatic nitrogens is 4. The molecule has 0 atom stereocenters. The van der Waals surface area contributed by atoms with Gasteiger partial charge in [-0.05, 0) is 116 Å². The van der Waals surface area contributed by atoms with E-state index in [1.165, 1.54) is 27.4 Å². The van der Waals surface area contributed by atoms with Crippen molar-refractivity contribution in [3.05, 3.63) is 248 Å². The lowest BCUT2D eigenvalue weighted by atomic mass is 9.98. The van der Waals surface area contributed by atoms with E-state index in [1.807, 2.05) is 30.3 Å². The van der Waals surface area contributed by atoms with Crippen molar-refractivity contribution in [3.8, 4) is 56.3 Å². The Balaban J connectivity index is 1.03. The topological polar surface area (TPSA) is 40.0 Å². The van der Waals surface area contributed by atoms with Crippen LogP contribution in [0.1, 0.15) is 0 Å². The maximum absolute atomic E-state index is 7.95. The number of fused-ring (bicyclic) bond motifs is 10. The molecule has 0 radical (unpaired) electrons. The first kappa shape index (κ1) is 39.5. The van der Waals surface area contributed by atoms with E-state index in [2.05, 4.69) is 220 Å². The SMILES string of the molecule is [C-]#[N+]c1ccc(-c2nc(-n3c4ccc(-c5ccccc5)cc4c4cc(-c5ccc6c(c5)c5cc(-c7ccccc7)ccc5n6-c5ccccc5)ccc43)c3ccc4ccccc4c3n2)c2ccccc12. The summed E-state index contributed by atoms with van der Waals surface area (Å²) in [5.41, 5.74) is 14.9. The van der Waals surface area contributed by atoms with Gasteiger partial charge in [0.2, 0.25) is 0 Å². The van der Waals surface area contributed by atoms with Gasteiger partial charge in [0.05, 0.1) is 34.2 Å². The van der Waals surface area contributed by atoms with Crippen LogP contribution in [0, 0.1) is 6.57 Å². The number of nitrogens with zero attached hydrogens (tertiary/aromatic N) is 5. The van der Waals surface area contributed by atoms with E-state index in [9.17, 15) is 0 Å². The summed E-state index contributed by atoms with van der Waals surface area (Å²) >= 11 is 0. The van der Waals surface area contributed by atoms with Crippen molar-refractivity contribution >= 4 is 81.7 Å². The molecule has 5 heteroatoms. The maximum atomic E-state index is 7.95. The molecule has 0 aliphatic rings. The zero-order valence-electron chi connectivity index (χ0n) is 37.8. The van der Waals surface area contributed by atoms with E-state index in [0.717, 1.165) is 99.1 Å². The molecule has 14 rings (SSSR count). The molecule has 0 spiro atoms. The van der Waals surface area contributed by atoms with Gasteiger partial charge >= 0.3 is 0 Å². The van der Waals surface area contributed by atoms with E-state index < -0.39 is 0 Å². The fraction of sp³-hybridized carbons (Fsp3) is 0. The highest BCUT2D eigenvalue weighted by Crippen LogP contribution is 2.43. The summed E-state index contributed by atoms with van der Waals surface area (Å²) in [4.78, 5) is 14.9. The molecule has 0 saturated heterocycles. The number of rotatable bonds is 6. The molecule has 0 amide bonds. The van der Waals surface area contributed by atoms with Gasteiger partial charge in [-0.3, -0.25) is 4.57 Å². The Morgan fingerprint density at radius 1 is 0.329 bits per heavy atom. The van der Waals surface area contributed by atoms with Crippen LogP contribution in [0.4, 0.5) is 5.69 Å². The predicted molar refractivity (Wildman–Crippen MR) is 291 cm³/mol. The summed E-state index contributed by atoms with van der Waals surface area (Å²) in [6.45, 7) is 7.95. The second-order valence-corrected chi connectivity index (χ2v) is 18.0. The third-order valence-electron chi connectivity index (χ3n) is 14.1. The van der Waals surface area contributed by atoms with Crippen molar-refractivity contribution < 1.29 is 0 Å². The van der Waals surface area contributed by atoms with Crippen LogP contribution in [0.15, 0.2) is 237 Å². The molecule has 70 heavy (non-hydrogen) atoms. The monoisotopic (exact) mass is 889 g/mol. The predicted octanol–water partition coefficient (Wildman–Crippen LogP) is 17.3. The Morgan fingerprint density at radius 2 is 0.800 bits per heavy atom. The Kier molecular flexibility index (Phi) is 8.89. The average Bonchev–Trinajstić information content (AvgIpc) is 3.94. The normalized spacial score (nSPS) is 11.7. The summed E-state index contributed by atoms with van der Waals surface area (Å²) in [5.74, 6) is 1.41. The summed E-state index contributed by atoms with van der Waals surface area (Å²) in [5, 5.41) is 9.62. The highest BCUT2D eigenvalue weighted by atomic mass is 15.1. The Labute approximate surface area is 403 Å². The third kappa shape index (κ3) is 6.18. The molecule has 0 N–H and O–H groups in total. The largest absolute Gasteiger partial charge is 0.309 e. The van der Waals surface area contributed by atoms with E-state index in [0.29, 0.717) is 11.5 Å². The van der Waals surface area contributed by atoms with Crippen LogP contribution in [0.5, 0.6) is 0 Å². The minimum atomic E-state index is 0.608. The standard InChI is InChI=1S/C65H39N5/c1-66-58-32-31-52(50-23-13-14-24-51(50)58)64-67-63-49-22-12-11-19-43(49)25-30-53(63)65(68-64)70-61-35-27-45(42-17-7-3-8-18-42)38-56(61)57-40-47(29-36-62(57)70)46-28-34-60-55(39-46)54-37-44(41-15-5-2-6-16-41)26-33-59(54)69(60)48-20-9-4-10-21-48/h2-40H. The molecule has 324 valence electrons. The summed E-state index contributed by atoms with van der Waals surface area (Å²) in [6.07, 6.45) is 0. The lowest BCUT2D eigenvalue weighted by Crippen LogP contribution is -2.03. The molecule has 0 aliphatic carbocycles. The Bertz CT molecular complexity index is 4470. The van der Waals surface area contributed by atoms with Crippen molar-refractivity contribution in [2.45, 2.75) is 0 Å². The molecule has 0 saturated carbocycles. The molecular weight excluding hydrogens is 851 g/mol. The molecule has 3 heterocycles. The van der Waals surface area contributed by atoms with E-state index in [4.69, 9.17) is 16.5 Å². The van der Waals surface area contributed by atoms with Gasteiger partial charge in [0.1, 0.15) is 5.82 Å². The molecule has 3 aromatic heterocycles. The zero-order valence-corrected chi connectivity index (χ0v) is 37.8. The fourth-order valence-electron chi connectivity index (χ4n) is 10.8. The highest BCUT2D eigenvalue weighted by Gasteiger charge is 2.22. The summed E-state index contributed by atoms with van der Waals surface area (Å²) in [7, 11) is 0. The molecule has 0 bridgehead atoms. The van der Waals surface area contributed by atoms with Gasteiger partial charge in [-0.25, -0.2) is 14.8 Å². The van der Waals surface area contributed by atoms with Crippen molar-refractivity contribution in [2.24, 2.45) is 0 Å². The minimum absolute atomic E-state index is 0.608. The van der Waals surface area contributed by atoms with E-state index in [1.54, 1.807) is 0 Å². The van der Waals surface area contributed by atoms with Crippen LogP contribution in [0.25, 0.3) is 137 Å². The molecule has 5 nitrogen and oxygen atoms in total. The number of benzene rings is 11. The maximum Gasteiger partial charge on any atom is 0.194 e. The number of para-hydroxylation sites is 1. The second kappa shape index (κ2) is 15.7. The highest BCUT2D eigenvalue weighted by molar-refractivity contribution is 6.16. The molecule has 14 aromatic rings. The first-order valence-electron chi connectivity index (χ1n) is 23.6.